The van der Waals surface area contributed by atoms with Gasteiger partial charge in [0.05, 0.1) is 5.88 Å². The van der Waals surface area contributed by atoms with Crippen LogP contribution in [0.4, 0.5) is 0 Å². The Morgan fingerprint density at radius 2 is 2.12 bits per heavy atom. The summed E-state index contributed by atoms with van der Waals surface area (Å²) < 4.78 is 2.23. The van der Waals surface area contributed by atoms with E-state index in [4.69, 9.17) is 11.6 Å². The first-order valence-electron chi connectivity index (χ1n) is 6.47. The first kappa shape index (κ1) is 12.9. The highest BCUT2D eigenvalue weighted by molar-refractivity contribution is 6.16. The molecule has 1 fully saturated rings. The molecule has 1 heterocycles. The van der Waals surface area contributed by atoms with Crippen LogP contribution in [0.1, 0.15) is 70.6 Å². The molecule has 1 aromatic heterocycles. The Hall–Kier alpha value is -0.570. The maximum absolute atomic E-state index is 5.94. The number of alkyl halides is 1. The van der Waals surface area contributed by atoms with Gasteiger partial charge in [-0.25, -0.2) is 0 Å². The number of aromatic nitrogens is 3. The van der Waals surface area contributed by atoms with Crippen LogP contribution in [0, 0.1) is 5.41 Å². The minimum Gasteiger partial charge on any atom is -0.311 e. The summed E-state index contributed by atoms with van der Waals surface area (Å²) in [4.78, 5) is 0. The quantitative estimate of drug-likeness (QED) is 0.767. The van der Waals surface area contributed by atoms with Crippen molar-refractivity contribution in [2.24, 2.45) is 5.41 Å². The predicted molar refractivity (Wildman–Crippen MR) is 70.3 cm³/mol. The second-order valence-corrected chi connectivity index (χ2v) is 6.27. The third-order valence-corrected chi connectivity index (χ3v) is 4.24. The fourth-order valence-corrected chi connectivity index (χ4v) is 3.22. The van der Waals surface area contributed by atoms with Gasteiger partial charge in [0.15, 0.2) is 0 Å². The molecule has 1 saturated carbocycles. The molecule has 3 nitrogen and oxygen atoms in total. The molecule has 2 rings (SSSR count). The lowest BCUT2D eigenvalue weighted by molar-refractivity contribution is 0.310. The molecule has 96 valence electrons. The lowest BCUT2D eigenvalue weighted by Gasteiger charge is -2.27. The van der Waals surface area contributed by atoms with Crippen molar-refractivity contribution in [2.75, 3.05) is 0 Å². The molecule has 0 radical (unpaired) electrons. The Balaban J connectivity index is 2.42. The van der Waals surface area contributed by atoms with Gasteiger partial charge in [0.1, 0.15) is 11.6 Å². The standard InChI is InChI=1S/C13H22ClN3/c1-9(2)17-11(8-14)15-16-12(17)10-6-5-7-13(10,3)4/h9-10H,5-8H2,1-4H3. The first-order valence-corrected chi connectivity index (χ1v) is 7.00. The molecule has 0 spiro atoms. The van der Waals surface area contributed by atoms with Crippen LogP contribution in [0.5, 0.6) is 0 Å². The van der Waals surface area contributed by atoms with Crippen molar-refractivity contribution in [3.8, 4) is 0 Å². The Kier molecular flexibility index (Phi) is 3.48. The number of rotatable bonds is 3. The van der Waals surface area contributed by atoms with Crippen LogP contribution in [0.25, 0.3) is 0 Å². The van der Waals surface area contributed by atoms with Crippen LogP contribution in [0.3, 0.4) is 0 Å². The van der Waals surface area contributed by atoms with Gasteiger partial charge in [0.25, 0.3) is 0 Å². The van der Waals surface area contributed by atoms with Gasteiger partial charge in [-0.05, 0) is 32.1 Å². The maximum atomic E-state index is 5.94. The zero-order valence-corrected chi connectivity index (χ0v) is 12.0. The molecular formula is C13H22ClN3. The molecule has 0 bridgehead atoms. The number of hydrogen-bond donors (Lipinski definition) is 0. The van der Waals surface area contributed by atoms with Crippen LogP contribution in [-0.2, 0) is 5.88 Å². The summed E-state index contributed by atoms with van der Waals surface area (Å²) >= 11 is 5.94. The van der Waals surface area contributed by atoms with Gasteiger partial charge in [0, 0.05) is 12.0 Å². The molecule has 1 aliphatic rings. The van der Waals surface area contributed by atoms with Crippen molar-refractivity contribution in [2.45, 2.75) is 64.8 Å². The molecule has 0 N–H and O–H groups in total. The molecule has 0 amide bonds. The SMILES string of the molecule is CC(C)n1c(CCl)nnc1C1CCCC1(C)C. The molecule has 1 unspecified atom stereocenters. The van der Waals surface area contributed by atoms with Crippen molar-refractivity contribution in [1.82, 2.24) is 14.8 Å². The van der Waals surface area contributed by atoms with Crippen molar-refractivity contribution in [3.63, 3.8) is 0 Å². The summed E-state index contributed by atoms with van der Waals surface area (Å²) in [6, 6.07) is 0.380. The second kappa shape index (κ2) is 4.60. The summed E-state index contributed by atoms with van der Waals surface area (Å²) in [5.41, 5.74) is 0.337. The average molecular weight is 256 g/mol. The lowest BCUT2D eigenvalue weighted by Crippen LogP contribution is -2.21. The maximum Gasteiger partial charge on any atom is 0.148 e. The van der Waals surface area contributed by atoms with Crippen LogP contribution in [-0.4, -0.2) is 14.8 Å². The van der Waals surface area contributed by atoms with E-state index in [0.29, 0.717) is 23.3 Å². The number of nitrogens with zero attached hydrogens (tertiary/aromatic N) is 3. The fourth-order valence-electron chi connectivity index (χ4n) is 3.03. The molecule has 1 aliphatic carbocycles. The van der Waals surface area contributed by atoms with Gasteiger partial charge in [0.2, 0.25) is 0 Å². The second-order valence-electron chi connectivity index (χ2n) is 6.01. The summed E-state index contributed by atoms with van der Waals surface area (Å²) in [5, 5.41) is 8.66. The molecule has 17 heavy (non-hydrogen) atoms. The molecule has 0 saturated heterocycles. The minimum atomic E-state index is 0.337. The van der Waals surface area contributed by atoms with E-state index in [1.54, 1.807) is 0 Å². The van der Waals surface area contributed by atoms with E-state index in [-0.39, 0.29) is 0 Å². The molecule has 0 aromatic carbocycles. The average Bonchev–Trinajstić information content (AvgIpc) is 2.79. The van der Waals surface area contributed by atoms with Gasteiger partial charge in [-0.1, -0.05) is 20.3 Å². The normalized spacial score (nSPS) is 23.5. The van der Waals surface area contributed by atoms with E-state index in [1.165, 1.54) is 19.3 Å². The molecule has 4 heteroatoms. The Morgan fingerprint density at radius 3 is 2.59 bits per heavy atom. The lowest BCUT2D eigenvalue weighted by atomic mass is 9.81. The fraction of sp³-hybridized carbons (Fsp3) is 0.846. The van der Waals surface area contributed by atoms with Crippen LogP contribution < -0.4 is 0 Å². The van der Waals surface area contributed by atoms with E-state index in [1.807, 2.05) is 0 Å². The summed E-state index contributed by atoms with van der Waals surface area (Å²) in [5.74, 6) is 3.00. The monoisotopic (exact) mass is 255 g/mol. The molecule has 1 atom stereocenters. The number of hydrogen-bond acceptors (Lipinski definition) is 2. The first-order chi connectivity index (χ1) is 7.97. The van der Waals surface area contributed by atoms with E-state index < -0.39 is 0 Å². The van der Waals surface area contributed by atoms with Crippen molar-refractivity contribution >= 4 is 11.6 Å². The largest absolute Gasteiger partial charge is 0.311 e. The van der Waals surface area contributed by atoms with Gasteiger partial charge in [-0.3, -0.25) is 0 Å². The zero-order chi connectivity index (χ0) is 12.6. The smallest absolute Gasteiger partial charge is 0.148 e. The Labute approximate surface area is 109 Å². The molecule has 0 aliphatic heterocycles. The van der Waals surface area contributed by atoms with Crippen molar-refractivity contribution in [3.05, 3.63) is 11.6 Å². The van der Waals surface area contributed by atoms with Gasteiger partial charge < -0.3 is 4.57 Å². The Bertz CT molecular complexity index is 395. The van der Waals surface area contributed by atoms with Crippen molar-refractivity contribution < 1.29 is 0 Å². The third-order valence-electron chi connectivity index (χ3n) is 4.00. The zero-order valence-electron chi connectivity index (χ0n) is 11.2. The summed E-state index contributed by atoms with van der Waals surface area (Å²) in [7, 11) is 0. The van der Waals surface area contributed by atoms with Gasteiger partial charge in [-0.15, -0.1) is 21.8 Å². The van der Waals surface area contributed by atoms with E-state index >= 15 is 0 Å². The topological polar surface area (TPSA) is 30.7 Å². The van der Waals surface area contributed by atoms with Crippen LogP contribution >= 0.6 is 11.6 Å². The third kappa shape index (κ3) is 2.22. The van der Waals surface area contributed by atoms with Crippen molar-refractivity contribution in [1.29, 1.82) is 0 Å². The van der Waals surface area contributed by atoms with E-state index in [9.17, 15) is 0 Å². The summed E-state index contributed by atoms with van der Waals surface area (Å²) in [6.07, 6.45) is 3.79. The molecule has 1 aromatic rings. The highest BCUT2D eigenvalue weighted by atomic mass is 35.5. The van der Waals surface area contributed by atoms with Gasteiger partial charge in [-0.2, -0.15) is 0 Å². The van der Waals surface area contributed by atoms with E-state index in [0.717, 1.165) is 11.6 Å². The van der Waals surface area contributed by atoms with E-state index in [2.05, 4.69) is 42.5 Å². The highest BCUT2D eigenvalue weighted by Gasteiger charge is 2.39. The predicted octanol–water partition coefficient (Wildman–Crippen LogP) is 3.89. The van der Waals surface area contributed by atoms with Crippen LogP contribution in [0.15, 0.2) is 0 Å². The molecular weight excluding hydrogens is 234 g/mol. The number of halogens is 1. The Morgan fingerprint density at radius 1 is 1.41 bits per heavy atom. The van der Waals surface area contributed by atoms with Crippen LogP contribution in [0.2, 0.25) is 0 Å². The minimum absolute atomic E-state index is 0.337. The summed E-state index contributed by atoms with van der Waals surface area (Å²) in [6.45, 7) is 9.02. The highest BCUT2D eigenvalue weighted by Crippen LogP contribution is 2.48. The van der Waals surface area contributed by atoms with Gasteiger partial charge >= 0.3 is 0 Å².